The summed E-state index contributed by atoms with van der Waals surface area (Å²) < 4.78 is 7.51. The van der Waals surface area contributed by atoms with Crippen LogP contribution in [0.15, 0.2) is 70.3 Å². The number of hydrogen-bond acceptors (Lipinski definition) is 5. The first-order valence-corrected chi connectivity index (χ1v) is 9.81. The molecule has 1 aromatic heterocycles. The van der Waals surface area contributed by atoms with Crippen molar-refractivity contribution in [1.29, 1.82) is 0 Å². The maximum Gasteiger partial charge on any atom is 0.352 e. The zero-order chi connectivity index (χ0) is 21.1. The summed E-state index contributed by atoms with van der Waals surface area (Å²) in [6.45, 7) is 3.31. The highest BCUT2D eigenvalue weighted by molar-refractivity contribution is 5.91. The lowest BCUT2D eigenvalue weighted by molar-refractivity contribution is 0.0295. The Morgan fingerprint density at radius 1 is 0.967 bits per heavy atom. The van der Waals surface area contributed by atoms with Crippen molar-refractivity contribution in [3.63, 3.8) is 0 Å². The van der Waals surface area contributed by atoms with E-state index in [-0.39, 0.29) is 5.69 Å². The molecule has 0 aliphatic carbocycles. The quantitative estimate of drug-likeness (QED) is 0.655. The van der Waals surface area contributed by atoms with E-state index in [9.17, 15) is 14.4 Å². The summed E-state index contributed by atoms with van der Waals surface area (Å²) in [4.78, 5) is 41.2. The van der Waals surface area contributed by atoms with Crippen LogP contribution in [0.3, 0.4) is 0 Å². The molecular weight excluding hydrogens is 384 g/mol. The van der Waals surface area contributed by atoms with Gasteiger partial charge in [0.1, 0.15) is 0 Å². The van der Waals surface area contributed by atoms with Crippen LogP contribution in [-0.2, 0) is 4.74 Å². The van der Waals surface area contributed by atoms with Crippen LogP contribution >= 0.6 is 0 Å². The topological polar surface area (TPSA) is 86.4 Å². The molecule has 2 aromatic carbocycles. The highest BCUT2D eigenvalue weighted by Gasteiger charge is 2.27. The molecule has 8 nitrogen and oxygen atoms in total. The van der Waals surface area contributed by atoms with Crippen LogP contribution in [0.5, 0.6) is 0 Å². The molecule has 154 valence electrons. The number of rotatable bonds is 4. The van der Waals surface area contributed by atoms with E-state index in [0.29, 0.717) is 32.0 Å². The highest BCUT2D eigenvalue weighted by atomic mass is 16.5. The molecule has 2 heterocycles. The van der Waals surface area contributed by atoms with Crippen LogP contribution in [0.25, 0.3) is 5.69 Å². The molecule has 1 amide bonds. The molecule has 1 aliphatic rings. The largest absolute Gasteiger partial charge is 0.378 e. The summed E-state index contributed by atoms with van der Waals surface area (Å²) in [6, 6.07) is 17.4. The molecule has 4 rings (SSSR count). The van der Waals surface area contributed by atoms with Gasteiger partial charge in [-0.1, -0.05) is 48.5 Å². The van der Waals surface area contributed by atoms with Gasteiger partial charge in [0.2, 0.25) is 5.69 Å². The second-order valence-electron chi connectivity index (χ2n) is 7.04. The SMILES string of the molecule is C[C@H](c1ccccc1)n1c(=O)c(C(=O)N2CCOCC2)nn(-c2ccccc2)c1=O. The van der Waals surface area contributed by atoms with Gasteiger partial charge in [0.25, 0.3) is 11.5 Å². The van der Waals surface area contributed by atoms with Crippen LogP contribution in [-0.4, -0.2) is 51.5 Å². The molecule has 0 spiro atoms. The van der Waals surface area contributed by atoms with Crippen molar-refractivity contribution in [2.45, 2.75) is 13.0 Å². The number of para-hydroxylation sites is 1. The van der Waals surface area contributed by atoms with Crippen molar-refractivity contribution < 1.29 is 9.53 Å². The Morgan fingerprint density at radius 3 is 2.20 bits per heavy atom. The molecule has 1 aliphatic heterocycles. The van der Waals surface area contributed by atoms with Crippen LogP contribution in [0.4, 0.5) is 0 Å². The fourth-order valence-electron chi connectivity index (χ4n) is 3.50. The van der Waals surface area contributed by atoms with E-state index in [1.165, 1.54) is 4.90 Å². The summed E-state index contributed by atoms with van der Waals surface area (Å²) in [7, 11) is 0. The second kappa shape index (κ2) is 8.46. The molecule has 0 bridgehead atoms. The molecule has 1 atom stereocenters. The van der Waals surface area contributed by atoms with Gasteiger partial charge in [-0.05, 0) is 24.6 Å². The second-order valence-corrected chi connectivity index (χ2v) is 7.04. The van der Waals surface area contributed by atoms with Crippen molar-refractivity contribution in [3.8, 4) is 5.69 Å². The Labute approximate surface area is 172 Å². The minimum Gasteiger partial charge on any atom is -0.378 e. The van der Waals surface area contributed by atoms with E-state index < -0.39 is 23.2 Å². The Morgan fingerprint density at radius 2 is 1.57 bits per heavy atom. The summed E-state index contributed by atoms with van der Waals surface area (Å²) in [5, 5.41) is 4.19. The van der Waals surface area contributed by atoms with E-state index in [0.717, 1.165) is 14.8 Å². The van der Waals surface area contributed by atoms with Crippen LogP contribution in [0, 0.1) is 0 Å². The lowest BCUT2D eigenvalue weighted by Gasteiger charge is -2.26. The van der Waals surface area contributed by atoms with E-state index in [2.05, 4.69) is 5.10 Å². The minimum atomic E-state index is -0.694. The third-order valence-corrected chi connectivity index (χ3v) is 5.18. The number of morpholine rings is 1. The standard InChI is InChI=1S/C22H22N4O4/c1-16(17-8-4-2-5-9-17)25-21(28)19(20(27)24-12-14-30-15-13-24)23-26(22(25)29)18-10-6-3-7-11-18/h2-11,16H,12-15H2,1H3/t16-/m1/s1. The van der Waals surface area contributed by atoms with Gasteiger partial charge in [0.05, 0.1) is 24.9 Å². The lowest BCUT2D eigenvalue weighted by atomic mass is 10.1. The maximum absolute atomic E-state index is 13.3. The number of carbonyl (C=O) groups is 1. The molecule has 0 radical (unpaired) electrons. The zero-order valence-electron chi connectivity index (χ0n) is 16.6. The van der Waals surface area contributed by atoms with E-state index >= 15 is 0 Å². The first-order valence-electron chi connectivity index (χ1n) is 9.81. The molecule has 0 N–H and O–H groups in total. The summed E-state index contributed by atoms with van der Waals surface area (Å²) in [6.07, 6.45) is 0. The molecule has 8 heteroatoms. The van der Waals surface area contributed by atoms with Crippen molar-refractivity contribution in [3.05, 3.63) is 92.8 Å². The van der Waals surface area contributed by atoms with E-state index in [4.69, 9.17) is 4.74 Å². The minimum absolute atomic E-state index is 0.275. The number of nitrogens with zero attached hydrogens (tertiary/aromatic N) is 4. The maximum atomic E-state index is 13.3. The normalized spacial score (nSPS) is 15.0. The van der Waals surface area contributed by atoms with Gasteiger partial charge in [-0.15, -0.1) is 0 Å². The van der Waals surface area contributed by atoms with Crippen molar-refractivity contribution >= 4 is 5.91 Å². The number of carbonyl (C=O) groups excluding carboxylic acids is 1. The number of ether oxygens (including phenoxy) is 1. The average Bonchev–Trinajstić information content (AvgIpc) is 2.80. The van der Waals surface area contributed by atoms with Gasteiger partial charge in [0.15, 0.2) is 0 Å². The van der Waals surface area contributed by atoms with Gasteiger partial charge >= 0.3 is 5.69 Å². The fourth-order valence-corrected chi connectivity index (χ4v) is 3.50. The molecular formula is C22H22N4O4. The average molecular weight is 406 g/mol. The summed E-state index contributed by atoms with van der Waals surface area (Å²) in [5.74, 6) is -0.498. The molecule has 30 heavy (non-hydrogen) atoms. The van der Waals surface area contributed by atoms with Gasteiger partial charge in [0, 0.05) is 13.1 Å². The van der Waals surface area contributed by atoms with Crippen molar-refractivity contribution in [2.24, 2.45) is 0 Å². The van der Waals surface area contributed by atoms with E-state index in [1.807, 2.05) is 36.4 Å². The van der Waals surface area contributed by atoms with Gasteiger partial charge in [-0.2, -0.15) is 9.78 Å². The zero-order valence-corrected chi connectivity index (χ0v) is 16.6. The van der Waals surface area contributed by atoms with Crippen molar-refractivity contribution in [1.82, 2.24) is 19.2 Å². The predicted molar refractivity (Wildman–Crippen MR) is 111 cm³/mol. The summed E-state index contributed by atoms with van der Waals surface area (Å²) >= 11 is 0. The van der Waals surface area contributed by atoms with Gasteiger partial charge in [-0.3, -0.25) is 9.59 Å². The first kappa shape index (κ1) is 19.8. The third kappa shape index (κ3) is 3.69. The lowest BCUT2D eigenvalue weighted by Crippen LogP contribution is -2.49. The number of aromatic nitrogens is 3. The van der Waals surface area contributed by atoms with Gasteiger partial charge < -0.3 is 9.64 Å². The molecule has 1 saturated heterocycles. The molecule has 3 aromatic rings. The monoisotopic (exact) mass is 406 g/mol. The first-order chi connectivity index (χ1) is 14.6. The van der Waals surface area contributed by atoms with Crippen LogP contribution in [0.1, 0.15) is 29.0 Å². The van der Waals surface area contributed by atoms with Crippen LogP contribution < -0.4 is 11.2 Å². The molecule has 0 unspecified atom stereocenters. The Hall–Kier alpha value is -3.52. The fraction of sp³-hybridized carbons (Fsp3) is 0.273. The summed E-state index contributed by atoms with van der Waals surface area (Å²) in [5.41, 5.74) is -0.302. The Balaban J connectivity index is 1.91. The highest BCUT2D eigenvalue weighted by Crippen LogP contribution is 2.14. The van der Waals surface area contributed by atoms with E-state index in [1.54, 1.807) is 31.2 Å². The molecule has 1 fully saturated rings. The predicted octanol–water partition coefficient (Wildman–Crippen LogP) is 1.48. The van der Waals surface area contributed by atoms with Crippen LogP contribution in [0.2, 0.25) is 0 Å². The van der Waals surface area contributed by atoms with Crippen molar-refractivity contribution in [2.75, 3.05) is 26.3 Å². The number of benzene rings is 2. The van der Waals surface area contributed by atoms with Gasteiger partial charge in [-0.25, -0.2) is 9.36 Å². The Bertz CT molecular complexity index is 1150. The Kier molecular flexibility index (Phi) is 5.58. The number of amides is 1. The molecule has 0 saturated carbocycles. The third-order valence-electron chi connectivity index (χ3n) is 5.18. The smallest absolute Gasteiger partial charge is 0.352 e. The number of hydrogen-bond donors (Lipinski definition) is 0.